The van der Waals surface area contributed by atoms with E-state index in [-0.39, 0.29) is 0 Å². The van der Waals surface area contributed by atoms with Crippen LogP contribution in [0, 0.1) is 18.3 Å². The summed E-state index contributed by atoms with van der Waals surface area (Å²) in [4.78, 5) is 0. The minimum absolute atomic E-state index is 0.452. The summed E-state index contributed by atoms with van der Waals surface area (Å²) in [5.41, 5.74) is 2.89. The highest BCUT2D eigenvalue weighted by molar-refractivity contribution is 5.51. The summed E-state index contributed by atoms with van der Waals surface area (Å²) in [6.45, 7) is 2.02. The number of nitriles is 1. The lowest BCUT2D eigenvalue weighted by Gasteiger charge is -2.16. The van der Waals surface area contributed by atoms with Crippen molar-refractivity contribution in [2.45, 2.75) is 13.0 Å². The molecule has 0 aromatic heterocycles. The molecule has 4 heteroatoms. The van der Waals surface area contributed by atoms with Gasteiger partial charge in [0.2, 0.25) is 0 Å². The Bertz CT molecular complexity index is 662. The molecule has 1 unspecified atom stereocenters. The van der Waals surface area contributed by atoms with Crippen molar-refractivity contribution in [1.82, 2.24) is 0 Å². The quantitative estimate of drug-likeness (QED) is 0.908. The third kappa shape index (κ3) is 3.46. The molecule has 0 bridgehead atoms. The van der Waals surface area contributed by atoms with Crippen molar-refractivity contribution >= 4 is 5.69 Å². The van der Waals surface area contributed by atoms with Gasteiger partial charge in [0.25, 0.3) is 0 Å². The Labute approximate surface area is 124 Å². The fourth-order valence-electron chi connectivity index (χ4n) is 2.12. The van der Waals surface area contributed by atoms with Gasteiger partial charge >= 0.3 is 0 Å². The maximum Gasteiger partial charge on any atom is 0.161 e. The molecule has 0 fully saturated rings. The first kappa shape index (κ1) is 14.7. The third-order valence-electron chi connectivity index (χ3n) is 3.20. The molecule has 0 aliphatic heterocycles. The maximum absolute atomic E-state index is 9.42. The van der Waals surface area contributed by atoms with Crippen LogP contribution in [0.1, 0.15) is 17.2 Å². The van der Waals surface area contributed by atoms with Crippen molar-refractivity contribution < 1.29 is 9.47 Å². The molecule has 2 aromatic carbocycles. The van der Waals surface area contributed by atoms with Gasteiger partial charge in [-0.05, 0) is 42.3 Å². The number of anilines is 1. The number of nitrogens with zero attached hydrogens (tertiary/aromatic N) is 1. The molecule has 1 N–H and O–H groups in total. The minimum atomic E-state index is -0.452. The fraction of sp³-hybridized carbons (Fsp3) is 0.235. The molecule has 0 heterocycles. The zero-order valence-corrected chi connectivity index (χ0v) is 12.4. The van der Waals surface area contributed by atoms with Crippen LogP contribution in [0.15, 0.2) is 42.5 Å². The molecule has 0 aliphatic rings. The smallest absolute Gasteiger partial charge is 0.161 e. The van der Waals surface area contributed by atoms with E-state index >= 15 is 0 Å². The molecule has 4 nitrogen and oxygen atoms in total. The molecule has 21 heavy (non-hydrogen) atoms. The lowest BCUT2D eigenvalue weighted by atomic mass is 10.1. The average molecular weight is 282 g/mol. The molecular weight excluding hydrogens is 264 g/mol. The van der Waals surface area contributed by atoms with Crippen LogP contribution in [0.4, 0.5) is 5.69 Å². The molecule has 108 valence electrons. The number of ether oxygens (including phenoxy) is 2. The molecule has 0 saturated heterocycles. The molecular formula is C17H18N2O2. The number of nitrogens with one attached hydrogen (secondary N) is 1. The number of benzene rings is 2. The van der Waals surface area contributed by atoms with Crippen molar-refractivity contribution in [2.24, 2.45) is 0 Å². The van der Waals surface area contributed by atoms with Gasteiger partial charge < -0.3 is 14.8 Å². The Kier molecular flexibility index (Phi) is 4.68. The monoisotopic (exact) mass is 282 g/mol. The summed E-state index contributed by atoms with van der Waals surface area (Å²) in [6, 6.07) is 15.2. The Balaban J connectivity index is 2.27. The van der Waals surface area contributed by atoms with E-state index in [4.69, 9.17) is 9.47 Å². The standard InChI is InChI=1S/C17H18N2O2/c1-12-5-4-6-14(9-12)19-15(11-18)13-7-8-16(20-2)17(10-13)21-3/h4-10,15,19H,1-3H3. The first-order valence-electron chi connectivity index (χ1n) is 6.62. The van der Waals surface area contributed by atoms with Crippen LogP contribution in [0.2, 0.25) is 0 Å². The largest absolute Gasteiger partial charge is 0.493 e. The van der Waals surface area contributed by atoms with Gasteiger partial charge in [-0.2, -0.15) is 5.26 Å². The van der Waals surface area contributed by atoms with Gasteiger partial charge in [0.1, 0.15) is 6.04 Å². The Morgan fingerprint density at radius 3 is 2.43 bits per heavy atom. The van der Waals surface area contributed by atoms with Crippen LogP contribution in [0.5, 0.6) is 11.5 Å². The Hall–Kier alpha value is -2.67. The van der Waals surface area contributed by atoms with Gasteiger partial charge in [-0.1, -0.05) is 18.2 Å². The predicted molar refractivity (Wildman–Crippen MR) is 82.7 cm³/mol. The lowest BCUT2D eigenvalue weighted by molar-refractivity contribution is 0.354. The zero-order valence-electron chi connectivity index (χ0n) is 12.4. The number of aryl methyl sites for hydroxylation is 1. The number of rotatable bonds is 5. The van der Waals surface area contributed by atoms with Crippen LogP contribution in [-0.4, -0.2) is 14.2 Å². The van der Waals surface area contributed by atoms with Crippen molar-refractivity contribution in [3.05, 3.63) is 53.6 Å². The van der Waals surface area contributed by atoms with E-state index < -0.39 is 6.04 Å². The Morgan fingerprint density at radius 2 is 1.81 bits per heavy atom. The first-order chi connectivity index (χ1) is 10.2. The number of methoxy groups -OCH3 is 2. The summed E-state index contributed by atoms with van der Waals surface area (Å²) < 4.78 is 10.5. The van der Waals surface area contributed by atoms with E-state index in [1.54, 1.807) is 20.3 Å². The zero-order chi connectivity index (χ0) is 15.2. The van der Waals surface area contributed by atoms with E-state index in [0.717, 1.165) is 16.8 Å². The molecule has 0 aliphatic carbocycles. The van der Waals surface area contributed by atoms with E-state index in [2.05, 4.69) is 11.4 Å². The van der Waals surface area contributed by atoms with Gasteiger partial charge in [-0.3, -0.25) is 0 Å². The van der Waals surface area contributed by atoms with Crippen molar-refractivity contribution in [3.8, 4) is 17.6 Å². The van der Waals surface area contributed by atoms with Crippen molar-refractivity contribution in [1.29, 1.82) is 5.26 Å². The van der Waals surface area contributed by atoms with Gasteiger partial charge in [-0.25, -0.2) is 0 Å². The second kappa shape index (κ2) is 6.67. The van der Waals surface area contributed by atoms with Crippen molar-refractivity contribution in [3.63, 3.8) is 0 Å². The number of hydrogen-bond donors (Lipinski definition) is 1. The minimum Gasteiger partial charge on any atom is -0.493 e. The van der Waals surface area contributed by atoms with Gasteiger partial charge in [0.15, 0.2) is 11.5 Å². The van der Waals surface area contributed by atoms with Crippen LogP contribution in [0.3, 0.4) is 0 Å². The summed E-state index contributed by atoms with van der Waals surface area (Å²) >= 11 is 0. The SMILES string of the molecule is COc1ccc(C(C#N)Nc2cccc(C)c2)cc1OC. The van der Waals surface area contributed by atoms with Crippen LogP contribution >= 0.6 is 0 Å². The topological polar surface area (TPSA) is 54.3 Å². The van der Waals surface area contributed by atoms with E-state index in [0.29, 0.717) is 11.5 Å². The molecule has 2 rings (SSSR count). The average Bonchev–Trinajstić information content (AvgIpc) is 2.52. The van der Waals surface area contributed by atoms with E-state index in [1.807, 2.05) is 43.3 Å². The molecule has 2 aromatic rings. The van der Waals surface area contributed by atoms with Crippen LogP contribution in [-0.2, 0) is 0 Å². The highest BCUT2D eigenvalue weighted by Crippen LogP contribution is 2.31. The molecule has 0 radical (unpaired) electrons. The number of hydrogen-bond acceptors (Lipinski definition) is 4. The predicted octanol–water partition coefficient (Wildman–Crippen LogP) is 3.69. The molecule has 0 spiro atoms. The summed E-state index contributed by atoms with van der Waals surface area (Å²) in [6.07, 6.45) is 0. The van der Waals surface area contributed by atoms with E-state index in [9.17, 15) is 5.26 Å². The summed E-state index contributed by atoms with van der Waals surface area (Å²) in [7, 11) is 3.17. The van der Waals surface area contributed by atoms with Gasteiger partial charge in [0.05, 0.1) is 20.3 Å². The lowest BCUT2D eigenvalue weighted by Crippen LogP contribution is -2.09. The third-order valence-corrected chi connectivity index (χ3v) is 3.20. The molecule has 1 atom stereocenters. The second-order valence-corrected chi connectivity index (χ2v) is 4.69. The van der Waals surface area contributed by atoms with Crippen molar-refractivity contribution in [2.75, 3.05) is 19.5 Å². The second-order valence-electron chi connectivity index (χ2n) is 4.69. The van der Waals surface area contributed by atoms with Crippen LogP contribution in [0.25, 0.3) is 0 Å². The summed E-state index contributed by atoms with van der Waals surface area (Å²) in [5, 5.41) is 12.6. The first-order valence-corrected chi connectivity index (χ1v) is 6.62. The molecule has 0 amide bonds. The normalized spacial score (nSPS) is 11.3. The maximum atomic E-state index is 9.42. The highest BCUT2D eigenvalue weighted by Gasteiger charge is 2.13. The highest BCUT2D eigenvalue weighted by atomic mass is 16.5. The van der Waals surface area contributed by atoms with Gasteiger partial charge in [0, 0.05) is 5.69 Å². The Morgan fingerprint density at radius 1 is 1.05 bits per heavy atom. The summed E-state index contributed by atoms with van der Waals surface area (Å²) in [5.74, 6) is 1.26. The van der Waals surface area contributed by atoms with Crippen LogP contribution < -0.4 is 14.8 Å². The molecule has 0 saturated carbocycles. The fourth-order valence-corrected chi connectivity index (χ4v) is 2.12. The van der Waals surface area contributed by atoms with Gasteiger partial charge in [-0.15, -0.1) is 0 Å². The van der Waals surface area contributed by atoms with E-state index in [1.165, 1.54) is 0 Å².